The fraction of sp³-hybridized carbons (Fsp3) is 0.500. The molecule has 0 saturated carbocycles. The number of nitrogens with zero attached hydrogens (tertiary/aromatic N) is 1. The van der Waals surface area contributed by atoms with E-state index in [4.69, 9.17) is 23.2 Å². The lowest BCUT2D eigenvalue weighted by molar-refractivity contribution is 0.550. The molecule has 0 atom stereocenters. The minimum Gasteiger partial charge on any atom is -0.379 e. The quantitative estimate of drug-likeness (QED) is 0.804. The van der Waals surface area contributed by atoms with E-state index in [1.165, 1.54) is 0 Å². The molecule has 0 unspecified atom stereocenters. The van der Waals surface area contributed by atoms with Gasteiger partial charge >= 0.3 is 0 Å². The van der Waals surface area contributed by atoms with Crippen LogP contribution in [0.3, 0.4) is 0 Å². The topological polar surface area (TPSA) is 24.9 Å². The molecule has 0 aliphatic heterocycles. The predicted molar refractivity (Wildman–Crippen MR) is 62.3 cm³/mol. The zero-order valence-corrected chi connectivity index (χ0v) is 9.86. The van der Waals surface area contributed by atoms with Gasteiger partial charge in [-0.25, -0.2) is 0 Å². The molecule has 0 aliphatic carbocycles. The van der Waals surface area contributed by atoms with Crippen LogP contribution in [0.5, 0.6) is 0 Å². The van der Waals surface area contributed by atoms with E-state index in [9.17, 15) is 0 Å². The molecule has 1 aromatic heterocycles. The minimum absolute atomic E-state index is 0.0489. The molecule has 0 bridgehead atoms. The Kier molecular flexibility index (Phi) is 4.02. The van der Waals surface area contributed by atoms with Gasteiger partial charge in [0, 0.05) is 23.8 Å². The van der Waals surface area contributed by atoms with Crippen LogP contribution < -0.4 is 5.32 Å². The summed E-state index contributed by atoms with van der Waals surface area (Å²) in [6.07, 6.45) is 4.22. The van der Waals surface area contributed by atoms with E-state index in [1.807, 2.05) is 6.07 Å². The predicted octanol–water partition coefficient (Wildman–Crippen LogP) is 3.55. The fourth-order valence-corrected chi connectivity index (χ4v) is 1.78. The molecule has 1 heterocycles. The Bertz CT molecular complexity index is 300. The molecule has 0 aliphatic rings. The Morgan fingerprint density at radius 1 is 1.50 bits per heavy atom. The third kappa shape index (κ3) is 3.35. The van der Waals surface area contributed by atoms with Gasteiger partial charge in [-0.1, -0.05) is 11.6 Å². The summed E-state index contributed by atoms with van der Waals surface area (Å²) in [5.41, 5.74) is 0.851. The van der Waals surface area contributed by atoms with Crippen LogP contribution in [0.25, 0.3) is 0 Å². The molecule has 4 heteroatoms. The first-order valence-corrected chi connectivity index (χ1v) is 5.40. The average molecular weight is 233 g/mol. The van der Waals surface area contributed by atoms with Crippen molar-refractivity contribution in [3.63, 3.8) is 0 Å². The van der Waals surface area contributed by atoms with Crippen molar-refractivity contribution in [2.45, 2.75) is 25.8 Å². The normalized spacial score (nSPS) is 11.4. The second kappa shape index (κ2) is 4.85. The first-order valence-electron chi connectivity index (χ1n) is 4.49. The summed E-state index contributed by atoms with van der Waals surface area (Å²) >= 11 is 11.7. The molecule has 0 fully saturated rings. The van der Waals surface area contributed by atoms with Crippen LogP contribution in [-0.4, -0.2) is 16.4 Å². The number of rotatable bonds is 4. The number of aromatic nitrogens is 1. The average Bonchev–Trinajstić information content (AvgIpc) is 2.08. The maximum absolute atomic E-state index is 5.97. The highest BCUT2D eigenvalue weighted by atomic mass is 35.5. The molecule has 0 amide bonds. The van der Waals surface area contributed by atoms with Crippen LogP contribution in [0, 0.1) is 0 Å². The molecule has 0 radical (unpaired) electrons. The third-order valence-electron chi connectivity index (χ3n) is 1.96. The molecule has 78 valence electrons. The van der Waals surface area contributed by atoms with Gasteiger partial charge in [0.05, 0.1) is 10.7 Å². The fourth-order valence-electron chi connectivity index (χ4n) is 1.14. The molecule has 2 nitrogen and oxygen atoms in total. The molecule has 0 aromatic carbocycles. The van der Waals surface area contributed by atoms with Gasteiger partial charge in [0.15, 0.2) is 0 Å². The molecule has 1 aromatic rings. The van der Waals surface area contributed by atoms with Crippen molar-refractivity contribution in [1.82, 2.24) is 4.98 Å². The second-order valence-electron chi connectivity index (χ2n) is 3.80. The number of pyridine rings is 1. The Hall–Kier alpha value is -0.470. The molecule has 0 saturated heterocycles. The summed E-state index contributed by atoms with van der Waals surface area (Å²) in [6, 6.07) is 1.86. The van der Waals surface area contributed by atoms with Gasteiger partial charge < -0.3 is 5.32 Å². The molecular weight excluding hydrogens is 219 g/mol. The number of halogens is 2. The minimum atomic E-state index is -0.0489. The van der Waals surface area contributed by atoms with E-state index in [1.54, 1.807) is 12.4 Å². The van der Waals surface area contributed by atoms with E-state index < -0.39 is 0 Å². The van der Waals surface area contributed by atoms with E-state index in [-0.39, 0.29) is 5.54 Å². The highest BCUT2D eigenvalue weighted by Crippen LogP contribution is 2.24. The Morgan fingerprint density at radius 2 is 2.21 bits per heavy atom. The SMILES string of the molecule is CC(C)(CCCl)Nc1ccncc1Cl. The highest BCUT2D eigenvalue weighted by molar-refractivity contribution is 6.33. The number of hydrogen-bond acceptors (Lipinski definition) is 2. The molecular formula is C10H14Cl2N2. The van der Waals surface area contributed by atoms with Crippen molar-refractivity contribution in [1.29, 1.82) is 0 Å². The van der Waals surface area contributed by atoms with Gasteiger partial charge in [0.25, 0.3) is 0 Å². The van der Waals surface area contributed by atoms with E-state index in [0.29, 0.717) is 10.9 Å². The van der Waals surface area contributed by atoms with Gasteiger partial charge in [-0.3, -0.25) is 4.98 Å². The van der Waals surface area contributed by atoms with Crippen LogP contribution in [-0.2, 0) is 0 Å². The van der Waals surface area contributed by atoms with Crippen molar-refractivity contribution >= 4 is 28.9 Å². The van der Waals surface area contributed by atoms with Gasteiger partial charge in [-0.2, -0.15) is 0 Å². The number of nitrogens with one attached hydrogen (secondary N) is 1. The monoisotopic (exact) mass is 232 g/mol. The van der Waals surface area contributed by atoms with E-state index >= 15 is 0 Å². The van der Waals surface area contributed by atoms with Gasteiger partial charge in [0.1, 0.15) is 0 Å². The summed E-state index contributed by atoms with van der Waals surface area (Å²) in [5, 5.41) is 3.97. The Labute approximate surface area is 94.6 Å². The summed E-state index contributed by atoms with van der Waals surface area (Å²) < 4.78 is 0. The zero-order chi connectivity index (χ0) is 10.6. The van der Waals surface area contributed by atoms with E-state index in [0.717, 1.165) is 12.1 Å². The molecule has 0 spiro atoms. The summed E-state index contributed by atoms with van der Waals surface area (Å²) in [5.74, 6) is 0.628. The smallest absolute Gasteiger partial charge is 0.0820 e. The summed E-state index contributed by atoms with van der Waals surface area (Å²) in [7, 11) is 0. The highest BCUT2D eigenvalue weighted by Gasteiger charge is 2.17. The zero-order valence-electron chi connectivity index (χ0n) is 8.35. The summed E-state index contributed by atoms with van der Waals surface area (Å²) in [6.45, 7) is 4.18. The first-order chi connectivity index (χ1) is 6.55. The number of alkyl halides is 1. The van der Waals surface area contributed by atoms with Crippen molar-refractivity contribution in [2.75, 3.05) is 11.2 Å². The van der Waals surface area contributed by atoms with Crippen LogP contribution in [0.4, 0.5) is 5.69 Å². The van der Waals surface area contributed by atoms with Crippen LogP contribution >= 0.6 is 23.2 Å². The van der Waals surface area contributed by atoms with E-state index in [2.05, 4.69) is 24.1 Å². The van der Waals surface area contributed by atoms with Gasteiger partial charge in [0.2, 0.25) is 0 Å². The first kappa shape index (κ1) is 11.6. The lowest BCUT2D eigenvalue weighted by Gasteiger charge is -2.27. The summed E-state index contributed by atoms with van der Waals surface area (Å²) in [4.78, 5) is 3.92. The lowest BCUT2D eigenvalue weighted by atomic mass is 10.0. The lowest BCUT2D eigenvalue weighted by Crippen LogP contribution is -2.31. The van der Waals surface area contributed by atoms with Gasteiger partial charge in [-0.05, 0) is 26.3 Å². The second-order valence-corrected chi connectivity index (χ2v) is 4.59. The van der Waals surface area contributed by atoms with Crippen LogP contribution in [0.15, 0.2) is 18.5 Å². The van der Waals surface area contributed by atoms with Crippen LogP contribution in [0.1, 0.15) is 20.3 Å². The maximum Gasteiger partial charge on any atom is 0.0820 e. The molecule has 1 N–H and O–H groups in total. The Balaban J connectivity index is 2.73. The molecule has 1 rings (SSSR count). The van der Waals surface area contributed by atoms with Crippen LogP contribution in [0.2, 0.25) is 5.02 Å². The molecule has 14 heavy (non-hydrogen) atoms. The van der Waals surface area contributed by atoms with Crippen molar-refractivity contribution in [3.05, 3.63) is 23.5 Å². The van der Waals surface area contributed by atoms with Crippen molar-refractivity contribution in [3.8, 4) is 0 Å². The Morgan fingerprint density at radius 3 is 2.79 bits per heavy atom. The maximum atomic E-state index is 5.97. The largest absolute Gasteiger partial charge is 0.379 e. The standard InChI is InChI=1S/C10H14Cl2N2/c1-10(2,4-5-11)14-9-3-6-13-7-8(9)12/h3,6-7H,4-5H2,1-2H3,(H,13,14). The third-order valence-corrected chi connectivity index (χ3v) is 2.46. The van der Waals surface area contributed by atoms with Crippen molar-refractivity contribution < 1.29 is 0 Å². The number of anilines is 1. The number of hydrogen-bond donors (Lipinski definition) is 1. The van der Waals surface area contributed by atoms with Gasteiger partial charge in [-0.15, -0.1) is 11.6 Å². The van der Waals surface area contributed by atoms with Crippen molar-refractivity contribution in [2.24, 2.45) is 0 Å².